The maximum absolute atomic E-state index is 6.04. The van der Waals surface area contributed by atoms with Crippen LogP contribution in [-0.2, 0) is 5.41 Å². The number of nitrogens with two attached hydrogens (primary N) is 1. The normalized spacial score (nSPS) is 11.9. The van der Waals surface area contributed by atoms with E-state index >= 15 is 0 Å². The van der Waals surface area contributed by atoms with E-state index in [1.54, 1.807) is 10.9 Å². The molecular formula is C13H18ClN5. The Morgan fingerprint density at radius 3 is 2.32 bits per heavy atom. The second-order valence-electron chi connectivity index (χ2n) is 5.64. The highest BCUT2D eigenvalue weighted by Crippen LogP contribution is 2.25. The van der Waals surface area contributed by atoms with Gasteiger partial charge in [0.1, 0.15) is 11.6 Å². The Labute approximate surface area is 117 Å². The molecule has 0 fully saturated rings. The van der Waals surface area contributed by atoms with Crippen LogP contribution in [0.3, 0.4) is 0 Å². The SMILES string of the molecule is Cc1nn(-c2nc(C(C)(C)C)nc(N)c2C)cc1Cl. The lowest BCUT2D eigenvalue weighted by atomic mass is 9.95. The third-order valence-electron chi connectivity index (χ3n) is 2.88. The van der Waals surface area contributed by atoms with Crippen molar-refractivity contribution in [3.63, 3.8) is 0 Å². The van der Waals surface area contributed by atoms with Crippen LogP contribution in [0.5, 0.6) is 0 Å². The molecule has 0 saturated heterocycles. The summed E-state index contributed by atoms with van der Waals surface area (Å²) in [6.45, 7) is 9.86. The molecule has 6 heteroatoms. The Balaban J connectivity index is 2.65. The van der Waals surface area contributed by atoms with Gasteiger partial charge in [-0.15, -0.1) is 0 Å². The molecule has 0 radical (unpaired) electrons. The number of rotatable bonds is 1. The predicted molar refractivity (Wildman–Crippen MR) is 76.8 cm³/mol. The summed E-state index contributed by atoms with van der Waals surface area (Å²) in [6, 6.07) is 0. The van der Waals surface area contributed by atoms with Gasteiger partial charge in [0.2, 0.25) is 0 Å². The number of halogens is 1. The second kappa shape index (κ2) is 4.49. The first kappa shape index (κ1) is 13.8. The summed E-state index contributed by atoms with van der Waals surface area (Å²) in [5, 5.41) is 4.95. The first-order valence-electron chi connectivity index (χ1n) is 6.07. The Hall–Kier alpha value is -1.62. The number of nitrogen functional groups attached to an aromatic ring is 1. The number of aryl methyl sites for hydroxylation is 1. The molecule has 5 nitrogen and oxygen atoms in total. The molecule has 2 rings (SSSR count). The number of nitrogens with zero attached hydrogens (tertiary/aromatic N) is 4. The highest BCUT2D eigenvalue weighted by atomic mass is 35.5. The zero-order chi connectivity index (χ0) is 14.4. The lowest BCUT2D eigenvalue weighted by Gasteiger charge is -2.19. The maximum Gasteiger partial charge on any atom is 0.162 e. The van der Waals surface area contributed by atoms with Crippen molar-refractivity contribution < 1.29 is 0 Å². The standard InChI is InChI=1S/C13H18ClN5/c1-7-10(15)16-12(13(3,4)5)17-11(7)19-6-9(14)8(2)18-19/h6H,1-5H3,(H2,15,16,17). The van der Waals surface area contributed by atoms with Gasteiger partial charge in [0.15, 0.2) is 5.82 Å². The molecule has 0 aromatic carbocycles. The predicted octanol–water partition coefficient (Wildman–Crippen LogP) is 2.81. The largest absolute Gasteiger partial charge is 0.383 e. The van der Waals surface area contributed by atoms with Crippen molar-refractivity contribution in [2.24, 2.45) is 0 Å². The molecule has 19 heavy (non-hydrogen) atoms. The van der Waals surface area contributed by atoms with E-state index < -0.39 is 0 Å². The van der Waals surface area contributed by atoms with Gasteiger partial charge in [-0.1, -0.05) is 32.4 Å². The van der Waals surface area contributed by atoms with Gasteiger partial charge in [0.05, 0.1) is 16.9 Å². The highest BCUT2D eigenvalue weighted by molar-refractivity contribution is 6.31. The quantitative estimate of drug-likeness (QED) is 0.871. The Kier molecular flexibility index (Phi) is 3.26. The van der Waals surface area contributed by atoms with Crippen molar-refractivity contribution in [3.05, 3.63) is 28.3 Å². The van der Waals surface area contributed by atoms with Crippen LogP contribution in [-0.4, -0.2) is 19.7 Å². The summed E-state index contributed by atoms with van der Waals surface area (Å²) >= 11 is 6.04. The fourth-order valence-corrected chi connectivity index (χ4v) is 1.76. The molecule has 0 spiro atoms. The molecule has 0 amide bonds. The Morgan fingerprint density at radius 1 is 1.21 bits per heavy atom. The molecule has 0 atom stereocenters. The first-order chi connectivity index (χ1) is 8.70. The minimum absolute atomic E-state index is 0.178. The zero-order valence-corrected chi connectivity index (χ0v) is 12.6. The minimum atomic E-state index is -0.178. The van der Waals surface area contributed by atoms with Gasteiger partial charge >= 0.3 is 0 Å². The highest BCUT2D eigenvalue weighted by Gasteiger charge is 2.21. The van der Waals surface area contributed by atoms with Crippen LogP contribution in [0, 0.1) is 13.8 Å². The van der Waals surface area contributed by atoms with E-state index in [4.69, 9.17) is 17.3 Å². The van der Waals surface area contributed by atoms with E-state index in [0.717, 1.165) is 11.3 Å². The van der Waals surface area contributed by atoms with E-state index in [1.807, 2.05) is 34.6 Å². The van der Waals surface area contributed by atoms with Crippen molar-refractivity contribution in [2.75, 3.05) is 5.73 Å². The van der Waals surface area contributed by atoms with Crippen LogP contribution in [0.15, 0.2) is 6.20 Å². The summed E-state index contributed by atoms with van der Waals surface area (Å²) < 4.78 is 1.65. The van der Waals surface area contributed by atoms with Crippen LogP contribution in [0.2, 0.25) is 5.02 Å². The van der Waals surface area contributed by atoms with E-state index in [1.165, 1.54) is 0 Å². The van der Waals surface area contributed by atoms with Crippen molar-refractivity contribution >= 4 is 17.4 Å². The number of hydrogen-bond acceptors (Lipinski definition) is 4. The van der Waals surface area contributed by atoms with Crippen molar-refractivity contribution in [2.45, 2.75) is 40.0 Å². The van der Waals surface area contributed by atoms with E-state index in [0.29, 0.717) is 22.5 Å². The Morgan fingerprint density at radius 2 is 1.84 bits per heavy atom. The zero-order valence-electron chi connectivity index (χ0n) is 11.8. The third kappa shape index (κ3) is 2.56. The molecule has 2 heterocycles. The molecule has 2 aromatic rings. The number of anilines is 1. The van der Waals surface area contributed by atoms with Gasteiger partial charge < -0.3 is 5.73 Å². The summed E-state index contributed by atoms with van der Waals surface area (Å²) in [5.41, 5.74) is 7.36. The van der Waals surface area contributed by atoms with Crippen LogP contribution in [0.25, 0.3) is 5.82 Å². The molecule has 0 saturated carbocycles. The van der Waals surface area contributed by atoms with Gasteiger partial charge in [0, 0.05) is 11.0 Å². The van der Waals surface area contributed by atoms with Crippen LogP contribution in [0.1, 0.15) is 37.9 Å². The van der Waals surface area contributed by atoms with Gasteiger partial charge in [-0.3, -0.25) is 0 Å². The van der Waals surface area contributed by atoms with Crippen molar-refractivity contribution in [1.29, 1.82) is 0 Å². The second-order valence-corrected chi connectivity index (χ2v) is 6.05. The fraction of sp³-hybridized carbons (Fsp3) is 0.462. The lowest BCUT2D eigenvalue weighted by molar-refractivity contribution is 0.542. The van der Waals surface area contributed by atoms with Gasteiger partial charge in [-0.25, -0.2) is 14.6 Å². The lowest BCUT2D eigenvalue weighted by Crippen LogP contribution is -2.20. The van der Waals surface area contributed by atoms with Crippen LogP contribution < -0.4 is 5.73 Å². The fourth-order valence-electron chi connectivity index (χ4n) is 1.63. The average Bonchev–Trinajstić information content (AvgIpc) is 2.61. The number of hydrogen-bond donors (Lipinski definition) is 1. The molecule has 2 N–H and O–H groups in total. The molecular weight excluding hydrogens is 262 g/mol. The molecule has 2 aromatic heterocycles. The van der Waals surface area contributed by atoms with E-state index in [2.05, 4.69) is 15.1 Å². The summed E-state index contributed by atoms with van der Waals surface area (Å²) in [6.07, 6.45) is 1.73. The molecule has 0 bridgehead atoms. The monoisotopic (exact) mass is 279 g/mol. The Bertz CT molecular complexity index is 605. The summed E-state index contributed by atoms with van der Waals surface area (Å²) in [4.78, 5) is 8.93. The number of aromatic nitrogens is 4. The summed E-state index contributed by atoms with van der Waals surface area (Å²) in [5.74, 6) is 1.83. The topological polar surface area (TPSA) is 69.6 Å². The maximum atomic E-state index is 6.04. The molecule has 102 valence electrons. The average molecular weight is 280 g/mol. The molecule has 0 aliphatic heterocycles. The van der Waals surface area contributed by atoms with Crippen molar-refractivity contribution in [3.8, 4) is 5.82 Å². The van der Waals surface area contributed by atoms with Gasteiger partial charge in [0.25, 0.3) is 0 Å². The third-order valence-corrected chi connectivity index (χ3v) is 3.26. The van der Waals surface area contributed by atoms with Gasteiger partial charge in [-0.2, -0.15) is 5.10 Å². The molecule has 0 aliphatic carbocycles. The minimum Gasteiger partial charge on any atom is -0.383 e. The van der Waals surface area contributed by atoms with Crippen LogP contribution >= 0.6 is 11.6 Å². The summed E-state index contributed by atoms with van der Waals surface area (Å²) in [7, 11) is 0. The van der Waals surface area contributed by atoms with E-state index in [-0.39, 0.29) is 5.41 Å². The molecule has 0 aliphatic rings. The van der Waals surface area contributed by atoms with Crippen molar-refractivity contribution in [1.82, 2.24) is 19.7 Å². The smallest absolute Gasteiger partial charge is 0.162 e. The van der Waals surface area contributed by atoms with E-state index in [9.17, 15) is 0 Å². The molecule has 0 unspecified atom stereocenters. The first-order valence-corrected chi connectivity index (χ1v) is 6.44. The van der Waals surface area contributed by atoms with Gasteiger partial charge in [-0.05, 0) is 13.8 Å². The van der Waals surface area contributed by atoms with Crippen LogP contribution in [0.4, 0.5) is 5.82 Å².